The van der Waals surface area contributed by atoms with Crippen molar-refractivity contribution >= 4 is 5.91 Å². The van der Waals surface area contributed by atoms with Crippen molar-refractivity contribution in [3.63, 3.8) is 0 Å². The molecule has 0 heterocycles. The first-order chi connectivity index (χ1) is 8.01. The van der Waals surface area contributed by atoms with Crippen LogP contribution in [0.1, 0.15) is 52.9 Å². The lowest BCUT2D eigenvalue weighted by molar-refractivity contribution is -0.127. The van der Waals surface area contributed by atoms with Crippen LogP contribution in [0.25, 0.3) is 0 Å². The molecule has 0 spiro atoms. The van der Waals surface area contributed by atoms with Gasteiger partial charge in [-0.25, -0.2) is 0 Å². The molecule has 0 bridgehead atoms. The average molecular weight is 241 g/mol. The van der Waals surface area contributed by atoms with E-state index in [1.54, 1.807) is 0 Å². The molecule has 3 nitrogen and oxygen atoms in total. The fourth-order valence-electron chi connectivity index (χ4n) is 2.81. The summed E-state index contributed by atoms with van der Waals surface area (Å²) in [5.74, 6) is 0.798. The Hall–Kier alpha value is -0.570. The van der Waals surface area contributed by atoms with Gasteiger partial charge < -0.3 is 10.4 Å². The Morgan fingerprint density at radius 3 is 2.71 bits per heavy atom. The number of aliphatic hydroxyl groups is 1. The molecule has 17 heavy (non-hydrogen) atoms. The quantitative estimate of drug-likeness (QED) is 0.750. The zero-order valence-corrected chi connectivity index (χ0v) is 11.5. The van der Waals surface area contributed by atoms with Gasteiger partial charge in [0.15, 0.2) is 0 Å². The number of aliphatic hydroxyl groups excluding tert-OH is 1. The fraction of sp³-hybridized carbons (Fsp3) is 0.929. The van der Waals surface area contributed by atoms with Gasteiger partial charge in [0, 0.05) is 19.1 Å². The predicted molar refractivity (Wildman–Crippen MR) is 69.6 cm³/mol. The Bertz CT molecular complexity index is 251. The Morgan fingerprint density at radius 1 is 1.53 bits per heavy atom. The molecule has 0 radical (unpaired) electrons. The number of hydrogen-bond donors (Lipinski definition) is 2. The summed E-state index contributed by atoms with van der Waals surface area (Å²) in [4.78, 5) is 12.1. The van der Waals surface area contributed by atoms with E-state index >= 15 is 0 Å². The van der Waals surface area contributed by atoms with E-state index in [9.17, 15) is 4.79 Å². The number of amides is 1. The maximum absolute atomic E-state index is 12.1. The van der Waals surface area contributed by atoms with E-state index in [4.69, 9.17) is 5.11 Å². The molecular formula is C14H27NO2. The summed E-state index contributed by atoms with van der Waals surface area (Å²) in [6.45, 7) is 7.41. The molecule has 3 heteroatoms. The summed E-state index contributed by atoms with van der Waals surface area (Å²) < 4.78 is 0. The molecule has 0 aromatic heterocycles. The zero-order valence-electron chi connectivity index (χ0n) is 11.5. The summed E-state index contributed by atoms with van der Waals surface area (Å²) in [7, 11) is 0. The van der Waals surface area contributed by atoms with Gasteiger partial charge in [0.2, 0.25) is 5.91 Å². The first-order valence-corrected chi connectivity index (χ1v) is 6.89. The number of carbonyl (C=O) groups is 1. The second-order valence-corrected chi connectivity index (χ2v) is 5.97. The van der Waals surface area contributed by atoms with Crippen molar-refractivity contribution in [2.75, 3.05) is 13.2 Å². The second kappa shape index (κ2) is 6.39. The van der Waals surface area contributed by atoms with Crippen LogP contribution in [0.3, 0.4) is 0 Å². The Kier molecular flexibility index (Phi) is 5.44. The summed E-state index contributed by atoms with van der Waals surface area (Å²) in [6.07, 6.45) is 5.13. The molecule has 2 N–H and O–H groups in total. The van der Waals surface area contributed by atoms with E-state index in [2.05, 4.69) is 26.1 Å². The summed E-state index contributed by atoms with van der Waals surface area (Å²) in [5.41, 5.74) is 0.156. The highest BCUT2D eigenvalue weighted by molar-refractivity contribution is 5.79. The molecule has 0 aliphatic heterocycles. The molecular weight excluding hydrogens is 214 g/mol. The van der Waals surface area contributed by atoms with Crippen LogP contribution >= 0.6 is 0 Å². The van der Waals surface area contributed by atoms with Crippen LogP contribution in [0.2, 0.25) is 0 Å². The highest BCUT2D eigenvalue weighted by Crippen LogP contribution is 2.42. The van der Waals surface area contributed by atoms with Gasteiger partial charge in [0.25, 0.3) is 0 Å². The molecule has 2 atom stereocenters. The Balaban J connectivity index is 2.39. The minimum Gasteiger partial charge on any atom is -0.396 e. The van der Waals surface area contributed by atoms with Crippen molar-refractivity contribution in [2.45, 2.75) is 52.9 Å². The van der Waals surface area contributed by atoms with Crippen molar-refractivity contribution in [3.05, 3.63) is 0 Å². The van der Waals surface area contributed by atoms with Gasteiger partial charge in [-0.05, 0) is 30.6 Å². The van der Waals surface area contributed by atoms with Crippen molar-refractivity contribution in [2.24, 2.45) is 17.3 Å². The minimum atomic E-state index is 0.156. The SMILES string of the molecule is CCC(CCO)CNC(=O)C1CCCC1(C)C. The third kappa shape index (κ3) is 3.98. The molecule has 2 unspecified atom stereocenters. The highest BCUT2D eigenvalue weighted by Gasteiger charge is 2.39. The van der Waals surface area contributed by atoms with E-state index in [1.165, 1.54) is 6.42 Å². The van der Waals surface area contributed by atoms with Gasteiger partial charge in [0.05, 0.1) is 0 Å². The molecule has 0 aromatic rings. The summed E-state index contributed by atoms with van der Waals surface area (Å²) in [6, 6.07) is 0. The maximum atomic E-state index is 12.1. The number of carbonyl (C=O) groups excluding carboxylic acids is 1. The van der Waals surface area contributed by atoms with Crippen LogP contribution in [0.4, 0.5) is 0 Å². The molecule has 100 valence electrons. The minimum absolute atomic E-state index is 0.156. The monoisotopic (exact) mass is 241 g/mol. The fourth-order valence-corrected chi connectivity index (χ4v) is 2.81. The van der Waals surface area contributed by atoms with Crippen molar-refractivity contribution in [1.82, 2.24) is 5.32 Å². The van der Waals surface area contributed by atoms with Crippen LogP contribution in [-0.2, 0) is 4.79 Å². The zero-order chi connectivity index (χ0) is 12.9. The van der Waals surface area contributed by atoms with Crippen LogP contribution < -0.4 is 5.32 Å². The molecule has 1 aliphatic carbocycles. The van der Waals surface area contributed by atoms with E-state index < -0.39 is 0 Å². The first-order valence-electron chi connectivity index (χ1n) is 6.89. The molecule has 1 amide bonds. The van der Waals surface area contributed by atoms with Gasteiger partial charge in [-0.15, -0.1) is 0 Å². The third-order valence-electron chi connectivity index (χ3n) is 4.25. The third-order valence-corrected chi connectivity index (χ3v) is 4.25. The van der Waals surface area contributed by atoms with Crippen LogP contribution in [0, 0.1) is 17.3 Å². The van der Waals surface area contributed by atoms with Crippen molar-refractivity contribution in [3.8, 4) is 0 Å². The van der Waals surface area contributed by atoms with Gasteiger partial charge in [-0.3, -0.25) is 4.79 Å². The molecule has 1 saturated carbocycles. The molecule has 0 saturated heterocycles. The summed E-state index contributed by atoms with van der Waals surface area (Å²) in [5, 5.41) is 12.0. The lowest BCUT2D eigenvalue weighted by atomic mass is 9.81. The number of hydrogen-bond acceptors (Lipinski definition) is 2. The highest BCUT2D eigenvalue weighted by atomic mass is 16.3. The maximum Gasteiger partial charge on any atom is 0.223 e. The van der Waals surface area contributed by atoms with Crippen LogP contribution in [-0.4, -0.2) is 24.2 Å². The number of rotatable bonds is 6. The standard InChI is InChI=1S/C14H27NO2/c1-4-11(7-9-16)10-15-13(17)12-6-5-8-14(12,2)3/h11-12,16H,4-10H2,1-3H3,(H,15,17). The molecule has 1 aliphatic rings. The van der Waals surface area contributed by atoms with Crippen molar-refractivity contribution < 1.29 is 9.90 Å². The van der Waals surface area contributed by atoms with Gasteiger partial charge in [-0.2, -0.15) is 0 Å². The van der Waals surface area contributed by atoms with Crippen molar-refractivity contribution in [1.29, 1.82) is 0 Å². The second-order valence-electron chi connectivity index (χ2n) is 5.97. The van der Waals surface area contributed by atoms with E-state index in [0.29, 0.717) is 12.5 Å². The summed E-state index contributed by atoms with van der Waals surface area (Å²) >= 11 is 0. The smallest absolute Gasteiger partial charge is 0.223 e. The molecule has 0 aromatic carbocycles. The predicted octanol–water partition coefficient (Wildman–Crippen LogP) is 2.34. The first kappa shape index (κ1) is 14.5. The normalized spacial score (nSPS) is 24.6. The van der Waals surface area contributed by atoms with E-state index in [0.717, 1.165) is 25.7 Å². The lowest BCUT2D eigenvalue weighted by Crippen LogP contribution is -2.38. The van der Waals surface area contributed by atoms with E-state index in [1.807, 2.05) is 0 Å². The molecule has 1 fully saturated rings. The van der Waals surface area contributed by atoms with Gasteiger partial charge in [-0.1, -0.05) is 33.6 Å². The van der Waals surface area contributed by atoms with Crippen LogP contribution in [0.15, 0.2) is 0 Å². The van der Waals surface area contributed by atoms with Crippen LogP contribution in [0.5, 0.6) is 0 Å². The Labute approximate surface area is 105 Å². The number of nitrogens with one attached hydrogen (secondary N) is 1. The largest absolute Gasteiger partial charge is 0.396 e. The Morgan fingerprint density at radius 2 is 2.24 bits per heavy atom. The lowest BCUT2D eigenvalue weighted by Gasteiger charge is -2.26. The van der Waals surface area contributed by atoms with E-state index in [-0.39, 0.29) is 23.8 Å². The molecule has 1 rings (SSSR count). The average Bonchev–Trinajstić information content (AvgIpc) is 2.63. The van der Waals surface area contributed by atoms with Gasteiger partial charge >= 0.3 is 0 Å². The topological polar surface area (TPSA) is 49.3 Å². The van der Waals surface area contributed by atoms with Gasteiger partial charge in [0.1, 0.15) is 0 Å².